The molecule has 3 aromatic rings. The molecule has 36 heavy (non-hydrogen) atoms. The van der Waals surface area contributed by atoms with Crippen LogP contribution in [-0.2, 0) is 16.1 Å². The lowest BCUT2D eigenvalue weighted by Gasteiger charge is -2.33. The van der Waals surface area contributed by atoms with E-state index in [-0.39, 0.29) is 30.8 Å². The van der Waals surface area contributed by atoms with Gasteiger partial charge in [-0.05, 0) is 58.4 Å². The minimum Gasteiger partial charge on any atom is -0.445 e. The van der Waals surface area contributed by atoms with Crippen LogP contribution in [0.3, 0.4) is 0 Å². The van der Waals surface area contributed by atoms with Crippen LogP contribution in [0.4, 0.5) is 9.59 Å². The van der Waals surface area contributed by atoms with Crippen LogP contribution in [0.1, 0.15) is 50.5 Å². The summed E-state index contributed by atoms with van der Waals surface area (Å²) in [5, 5.41) is 2.74. The number of alkyl carbamates (subject to hydrolysis) is 1. The third kappa shape index (κ3) is 7.72. The molecule has 2 N–H and O–H groups in total. The van der Waals surface area contributed by atoms with Crippen LogP contribution in [0.15, 0.2) is 57.7 Å². The van der Waals surface area contributed by atoms with E-state index in [1.165, 1.54) is 17.0 Å². The van der Waals surface area contributed by atoms with Crippen LogP contribution >= 0.6 is 0 Å². The summed E-state index contributed by atoms with van der Waals surface area (Å²) in [6.45, 7) is 8.31. The Labute approximate surface area is 208 Å². The first-order valence-electron chi connectivity index (χ1n) is 11.4. The van der Waals surface area contributed by atoms with E-state index in [9.17, 15) is 19.2 Å². The molecule has 0 aliphatic carbocycles. The molecule has 0 spiro atoms. The second-order valence-electron chi connectivity index (χ2n) is 10.1. The van der Waals surface area contributed by atoms with Gasteiger partial charge in [0, 0.05) is 12.1 Å². The number of ketones is 1. The minimum atomic E-state index is -0.953. The van der Waals surface area contributed by atoms with Gasteiger partial charge in [-0.25, -0.2) is 14.4 Å². The summed E-state index contributed by atoms with van der Waals surface area (Å²) in [6.07, 6.45) is -1.37. The van der Waals surface area contributed by atoms with Gasteiger partial charge in [-0.3, -0.25) is 14.7 Å². The zero-order valence-electron chi connectivity index (χ0n) is 21.0. The Kier molecular flexibility index (Phi) is 7.87. The third-order valence-corrected chi connectivity index (χ3v) is 4.97. The normalized spacial score (nSPS) is 11.7. The van der Waals surface area contributed by atoms with Crippen molar-refractivity contribution in [2.24, 2.45) is 0 Å². The van der Waals surface area contributed by atoms with Gasteiger partial charge in [-0.1, -0.05) is 30.3 Å². The van der Waals surface area contributed by atoms with Crippen molar-refractivity contribution in [3.05, 3.63) is 70.2 Å². The summed E-state index contributed by atoms with van der Waals surface area (Å²) in [6, 6.07) is 13.7. The lowest BCUT2D eigenvalue weighted by atomic mass is 10.0. The molecule has 10 heteroatoms. The SMILES string of the molecule is CC(C)(CN(CC(=O)c1ccc2[nH]c(=O)oc2c1)C(=O)OCc1ccccc1)NC(=O)OC(C)(C)C. The number of hydrogen-bond donors (Lipinski definition) is 2. The zero-order chi connectivity index (χ0) is 26.5. The van der Waals surface area contributed by atoms with Gasteiger partial charge in [0.15, 0.2) is 11.4 Å². The van der Waals surface area contributed by atoms with Gasteiger partial charge >= 0.3 is 17.9 Å². The highest BCUT2D eigenvalue weighted by molar-refractivity contribution is 6.01. The largest absolute Gasteiger partial charge is 0.445 e. The molecule has 192 valence electrons. The number of hydrogen-bond acceptors (Lipinski definition) is 7. The van der Waals surface area contributed by atoms with Crippen molar-refractivity contribution in [3.8, 4) is 0 Å². The number of aromatic nitrogens is 1. The molecule has 0 bridgehead atoms. The van der Waals surface area contributed by atoms with E-state index in [4.69, 9.17) is 13.9 Å². The molecule has 10 nitrogen and oxygen atoms in total. The van der Waals surface area contributed by atoms with Crippen LogP contribution in [0.2, 0.25) is 0 Å². The highest BCUT2D eigenvalue weighted by atomic mass is 16.6. The van der Waals surface area contributed by atoms with E-state index in [1.54, 1.807) is 40.7 Å². The summed E-state index contributed by atoms with van der Waals surface area (Å²) in [5.74, 6) is -1.03. The van der Waals surface area contributed by atoms with Gasteiger partial charge < -0.3 is 19.2 Å². The van der Waals surface area contributed by atoms with Gasteiger partial charge in [0.25, 0.3) is 0 Å². The lowest BCUT2D eigenvalue weighted by molar-refractivity contribution is 0.0429. The van der Waals surface area contributed by atoms with Crippen molar-refractivity contribution < 1.29 is 28.3 Å². The van der Waals surface area contributed by atoms with E-state index in [0.717, 1.165) is 5.56 Å². The number of aromatic amines is 1. The van der Waals surface area contributed by atoms with Crippen LogP contribution in [-0.4, -0.2) is 52.1 Å². The van der Waals surface area contributed by atoms with Gasteiger partial charge in [0.05, 0.1) is 17.6 Å². The summed E-state index contributed by atoms with van der Waals surface area (Å²) in [7, 11) is 0. The Morgan fingerprint density at radius 2 is 1.72 bits per heavy atom. The van der Waals surface area contributed by atoms with Crippen molar-refractivity contribution in [1.29, 1.82) is 0 Å². The molecule has 0 radical (unpaired) electrons. The highest BCUT2D eigenvalue weighted by Gasteiger charge is 2.31. The van der Waals surface area contributed by atoms with Gasteiger partial charge in [-0.15, -0.1) is 0 Å². The average Bonchev–Trinajstić information content (AvgIpc) is 3.14. The fourth-order valence-electron chi connectivity index (χ4n) is 3.48. The molecule has 0 aliphatic rings. The predicted molar refractivity (Wildman–Crippen MR) is 133 cm³/mol. The van der Waals surface area contributed by atoms with E-state index < -0.39 is 34.9 Å². The Hall–Kier alpha value is -4.08. The Morgan fingerprint density at radius 1 is 1.03 bits per heavy atom. The number of oxazole rings is 1. The number of carbonyl (C=O) groups is 3. The van der Waals surface area contributed by atoms with Crippen molar-refractivity contribution in [2.75, 3.05) is 13.1 Å². The molecule has 0 unspecified atom stereocenters. The van der Waals surface area contributed by atoms with Crippen molar-refractivity contribution in [3.63, 3.8) is 0 Å². The van der Waals surface area contributed by atoms with Crippen LogP contribution < -0.4 is 11.1 Å². The Bertz CT molecular complexity index is 1290. The molecule has 2 amide bonds. The maximum atomic E-state index is 13.1. The fourth-order valence-corrected chi connectivity index (χ4v) is 3.48. The molecule has 2 aromatic carbocycles. The molecule has 0 saturated heterocycles. The smallest absolute Gasteiger partial charge is 0.417 e. The quantitative estimate of drug-likeness (QED) is 0.445. The molecule has 0 saturated carbocycles. The van der Waals surface area contributed by atoms with E-state index in [0.29, 0.717) is 5.52 Å². The second kappa shape index (κ2) is 10.7. The number of nitrogens with one attached hydrogen (secondary N) is 2. The van der Waals surface area contributed by atoms with Crippen LogP contribution in [0, 0.1) is 0 Å². The van der Waals surface area contributed by atoms with E-state index >= 15 is 0 Å². The molecule has 1 heterocycles. The van der Waals surface area contributed by atoms with Gasteiger partial charge in [0.1, 0.15) is 12.2 Å². The molecular weight excluding hydrogens is 466 g/mol. The van der Waals surface area contributed by atoms with Crippen molar-refractivity contribution in [2.45, 2.75) is 52.4 Å². The number of benzene rings is 2. The molecule has 0 aliphatic heterocycles. The predicted octanol–water partition coefficient (Wildman–Crippen LogP) is 4.25. The lowest BCUT2D eigenvalue weighted by Crippen LogP contribution is -2.54. The maximum absolute atomic E-state index is 13.1. The molecule has 3 rings (SSSR count). The maximum Gasteiger partial charge on any atom is 0.417 e. The second-order valence-corrected chi connectivity index (χ2v) is 10.1. The van der Waals surface area contributed by atoms with Crippen molar-refractivity contribution in [1.82, 2.24) is 15.2 Å². The number of carbonyl (C=O) groups excluding carboxylic acids is 3. The summed E-state index contributed by atoms with van der Waals surface area (Å²) >= 11 is 0. The number of fused-ring (bicyclic) bond motifs is 1. The van der Waals surface area contributed by atoms with Gasteiger partial charge in [0.2, 0.25) is 0 Å². The standard InChI is InChI=1S/C26H31N3O7/c1-25(2,3)36-23(32)28-26(4,5)16-29(24(33)34-15-17-9-7-6-8-10-17)14-20(30)18-11-12-19-21(13-18)35-22(31)27-19/h6-13H,14-16H2,1-5H3,(H,27,31)(H,28,32). The number of nitrogens with zero attached hydrogens (tertiary/aromatic N) is 1. The van der Waals surface area contributed by atoms with E-state index in [2.05, 4.69) is 10.3 Å². The topological polar surface area (TPSA) is 131 Å². The first kappa shape index (κ1) is 26.5. The van der Waals surface area contributed by atoms with Crippen LogP contribution in [0.5, 0.6) is 0 Å². The number of Topliss-reactive ketones (excluding diaryl/α,β-unsaturated/α-hetero) is 1. The highest BCUT2D eigenvalue weighted by Crippen LogP contribution is 2.16. The number of rotatable bonds is 8. The Morgan fingerprint density at radius 3 is 2.39 bits per heavy atom. The third-order valence-electron chi connectivity index (χ3n) is 4.97. The summed E-state index contributed by atoms with van der Waals surface area (Å²) in [4.78, 5) is 53.6. The van der Waals surface area contributed by atoms with Crippen molar-refractivity contribution >= 4 is 29.1 Å². The van der Waals surface area contributed by atoms with Crippen LogP contribution in [0.25, 0.3) is 11.1 Å². The molecular formula is C26H31N3O7. The van der Waals surface area contributed by atoms with Gasteiger partial charge in [-0.2, -0.15) is 0 Å². The number of amides is 2. The molecule has 0 atom stereocenters. The monoisotopic (exact) mass is 497 g/mol. The first-order chi connectivity index (χ1) is 16.8. The fraction of sp³-hybridized carbons (Fsp3) is 0.385. The Balaban J connectivity index is 1.77. The zero-order valence-corrected chi connectivity index (χ0v) is 21.0. The molecule has 1 aromatic heterocycles. The number of H-pyrrole nitrogens is 1. The minimum absolute atomic E-state index is 0.0186. The summed E-state index contributed by atoms with van der Waals surface area (Å²) in [5.41, 5.74) is 0.0804. The summed E-state index contributed by atoms with van der Waals surface area (Å²) < 4.78 is 15.8. The number of ether oxygens (including phenoxy) is 2. The van der Waals surface area contributed by atoms with E-state index in [1.807, 2.05) is 30.3 Å². The molecule has 0 fully saturated rings. The average molecular weight is 498 g/mol. The first-order valence-corrected chi connectivity index (χ1v) is 11.4.